The van der Waals surface area contributed by atoms with E-state index in [1.807, 2.05) is 53.4 Å². The molecule has 1 atom stereocenters. The van der Waals surface area contributed by atoms with Crippen molar-refractivity contribution < 1.29 is 14.3 Å². The molecule has 0 spiro atoms. The molecule has 6 nitrogen and oxygen atoms in total. The average Bonchev–Trinajstić information content (AvgIpc) is 2.74. The van der Waals surface area contributed by atoms with Gasteiger partial charge in [-0.1, -0.05) is 60.7 Å². The molecule has 148 valence electrons. The minimum atomic E-state index is -0.607. The van der Waals surface area contributed by atoms with E-state index < -0.39 is 12.1 Å². The number of benzene rings is 2. The Hall–Kier alpha value is -2.86. The van der Waals surface area contributed by atoms with Gasteiger partial charge in [0.1, 0.15) is 12.6 Å². The number of nitrogens with one attached hydrogen (secondary N) is 1. The molecule has 1 fully saturated rings. The first-order valence-corrected chi connectivity index (χ1v) is 9.64. The maximum absolute atomic E-state index is 12.6. The third-order valence-electron chi connectivity index (χ3n) is 4.85. The van der Waals surface area contributed by atoms with E-state index in [2.05, 4.69) is 22.3 Å². The Morgan fingerprint density at radius 1 is 0.929 bits per heavy atom. The van der Waals surface area contributed by atoms with E-state index in [0.29, 0.717) is 13.1 Å². The second-order valence-corrected chi connectivity index (χ2v) is 7.01. The fourth-order valence-electron chi connectivity index (χ4n) is 3.25. The molecule has 2 aromatic rings. The molecule has 1 heterocycles. The number of hydrogen-bond acceptors (Lipinski definition) is 4. The van der Waals surface area contributed by atoms with Crippen LogP contribution in [0.5, 0.6) is 0 Å². The van der Waals surface area contributed by atoms with Crippen LogP contribution in [0, 0.1) is 0 Å². The van der Waals surface area contributed by atoms with Gasteiger partial charge in [0.15, 0.2) is 0 Å². The van der Waals surface area contributed by atoms with Crippen LogP contribution < -0.4 is 5.32 Å². The van der Waals surface area contributed by atoms with Gasteiger partial charge < -0.3 is 15.0 Å². The molecule has 3 rings (SSSR count). The van der Waals surface area contributed by atoms with Crippen LogP contribution in [0.25, 0.3) is 0 Å². The second kappa shape index (κ2) is 9.90. The molecule has 0 aliphatic carbocycles. The van der Waals surface area contributed by atoms with Crippen molar-refractivity contribution in [1.82, 2.24) is 15.1 Å². The van der Waals surface area contributed by atoms with Gasteiger partial charge in [-0.3, -0.25) is 9.69 Å². The van der Waals surface area contributed by atoms with Crippen molar-refractivity contribution in [2.45, 2.75) is 26.1 Å². The Labute approximate surface area is 166 Å². The number of carbonyl (C=O) groups is 2. The topological polar surface area (TPSA) is 61.9 Å². The summed E-state index contributed by atoms with van der Waals surface area (Å²) in [6.45, 7) is 5.75. The molecule has 28 heavy (non-hydrogen) atoms. The van der Waals surface area contributed by atoms with Gasteiger partial charge in [0.05, 0.1) is 0 Å². The molecule has 2 amide bonds. The largest absolute Gasteiger partial charge is 0.445 e. The normalized spacial score (nSPS) is 15.7. The number of nitrogens with zero attached hydrogens (tertiary/aromatic N) is 2. The molecule has 1 aliphatic rings. The summed E-state index contributed by atoms with van der Waals surface area (Å²) in [6, 6.07) is 19.2. The Morgan fingerprint density at radius 2 is 1.50 bits per heavy atom. The van der Waals surface area contributed by atoms with Crippen molar-refractivity contribution in [3.8, 4) is 0 Å². The lowest BCUT2D eigenvalue weighted by Crippen LogP contribution is -2.53. The average molecular weight is 381 g/mol. The van der Waals surface area contributed by atoms with Crippen LogP contribution in [-0.4, -0.2) is 54.0 Å². The van der Waals surface area contributed by atoms with Gasteiger partial charge in [-0.25, -0.2) is 4.79 Å². The van der Waals surface area contributed by atoms with Crippen molar-refractivity contribution >= 4 is 12.0 Å². The number of alkyl carbamates (subject to hydrolysis) is 1. The van der Waals surface area contributed by atoms with Crippen LogP contribution in [0.15, 0.2) is 60.7 Å². The highest BCUT2D eigenvalue weighted by Crippen LogP contribution is 2.09. The summed E-state index contributed by atoms with van der Waals surface area (Å²) in [4.78, 5) is 28.7. The maximum Gasteiger partial charge on any atom is 0.408 e. The molecule has 1 saturated heterocycles. The summed E-state index contributed by atoms with van der Waals surface area (Å²) >= 11 is 0. The molecular formula is C22H27N3O3. The Balaban J connectivity index is 1.39. The number of amides is 2. The van der Waals surface area contributed by atoms with Crippen LogP contribution in [0.1, 0.15) is 18.1 Å². The molecular weight excluding hydrogens is 354 g/mol. The number of ether oxygens (including phenoxy) is 1. The first-order valence-electron chi connectivity index (χ1n) is 9.64. The zero-order valence-electron chi connectivity index (χ0n) is 16.2. The molecule has 1 aliphatic heterocycles. The highest BCUT2D eigenvalue weighted by molar-refractivity contribution is 5.85. The fraction of sp³-hybridized carbons (Fsp3) is 0.364. The van der Waals surface area contributed by atoms with Crippen molar-refractivity contribution in [3.05, 3.63) is 71.8 Å². The molecule has 0 bridgehead atoms. The van der Waals surface area contributed by atoms with Crippen LogP contribution in [0.3, 0.4) is 0 Å². The number of rotatable bonds is 6. The Bertz CT molecular complexity index is 759. The van der Waals surface area contributed by atoms with Gasteiger partial charge in [-0.2, -0.15) is 0 Å². The van der Waals surface area contributed by atoms with E-state index in [1.165, 1.54) is 5.56 Å². The van der Waals surface area contributed by atoms with E-state index >= 15 is 0 Å². The molecule has 6 heteroatoms. The first kappa shape index (κ1) is 19.9. The first-order chi connectivity index (χ1) is 13.6. The third kappa shape index (κ3) is 5.82. The summed E-state index contributed by atoms with van der Waals surface area (Å²) in [5, 5.41) is 2.63. The zero-order chi connectivity index (χ0) is 19.8. The lowest BCUT2D eigenvalue weighted by Gasteiger charge is -2.36. The Morgan fingerprint density at radius 3 is 2.11 bits per heavy atom. The number of hydrogen-bond donors (Lipinski definition) is 1. The van der Waals surface area contributed by atoms with E-state index in [0.717, 1.165) is 25.2 Å². The summed E-state index contributed by atoms with van der Waals surface area (Å²) < 4.78 is 5.19. The van der Waals surface area contributed by atoms with Gasteiger partial charge in [0, 0.05) is 32.7 Å². The van der Waals surface area contributed by atoms with E-state index in [9.17, 15) is 9.59 Å². The standard InChI is InChI=1S/C22H27N3O3/c1-18(23-22(27)28-17-20-10-6-3-7-11-20)21(26)25-14-12-24(13-15-25)16-19-8-4-2-5-9-19/h2-11,18H,12-17H2,1H3,(H,23,27). The highest BCUT2D eigenvalue weighted by atomic mass is 16.5. The maximum atomic E-state index is 12.6. The summed E-state index contributed by atoms with van der Waals surface area (Å²) in [5.74, 6) is -0.0731. The molecule has 0 aromatic heterocycles. The van der Waals surface area contributed by atoms with Gasteiger partial charge in [-0.05, 0) is 18.1 Å². The predicted molar refractivity (Wildman–Crippen MR) is 108 cm³/mol. The minimum Gasteiger partial charge on any atom is -0.445 e. The highest BCUT2D eigenvalue weighted by Gasteiger charge is 2.26. The van der Waals surface area contributed by atoms with Crippen LogP contribution in [0.4, 0.5) is 4.79 Å². The summed E-state index contributed by atoms with van der Waals surface area (Å²) in [5.41, 5.74) is 2.18. The lowest BCUT2D eigenvalue weighted by molar-refractivity contribution is -0.134. The van der Waals surface area contributed by atoms with Gasteiger partial charge in [0.2, 0.25) is 5.91 Å². The third-order valence-corrected chi connectivity index (χ3v) is 4.85. The summed E-state index contributed by atoms with van der Waals surface area (Å²) in [6.07, 6.45) is -0.576. The van der Waals surface area contributed by atoms with Crippen molar-refractivity contribution in [3.63, 3.8) is 0 Å². The van der Waals surface area contributed by atoms with Crippen molar-refractivity contribution in [1.29, 1.82) is 0 Å². The van der Waals surface area contributed by atoms with E-state index in [1.54, 1.807) is 6.92 Å². The van der Waals surface area contributed by atoms with Crippen LogP contribution in [0.2, 0.25) is 0 Å². The quantitative estimate of drug-likeness (QED) is 0.836. The molecule has 0 saturated carbocycles. The smallest absolute Gasteiger partial charge is 0.408 e. The van der Waals surface area contributed by atoms with Crippen LogP contribution in [-0.2, 0) is 22.7 Å². The van der Waals surface area contributed by atoms with Crippen molar-refractivity contribution in [2.24, 2.45) is 0 Å². The second-order valence-electron chi connectivity index (χ2n) is 7.01. The lowest BCUT2D eigenvalue weighted by atomic mass is 10.2. The number of piperazine rings is 1. The minimum absolute atomic E-state index is 0.0731. The Kier molecular flexibility index (Phi) is 7.03. The monoisotopic (exact) mass is 381 g/mol. The van der Waals surface area contributed by atoms with Gasteiger partial charge >= 0.3 is 6.09 Å². The van der Waals surface area contributed by atoms with Gasteiger partial charge in [-0.15, -0.1) is 0 Å². The van der Waals surface area contributed by atoms with E-state index in [-0.39, 0.29) is 12.5 Å². The van der Waals surface area contributed by atoms with Crippen LogP contribution >= 0.6 is 0 Å². The SMILES string of the molecule is CC(NC(=O)OCc1ccccc1)C(=O)N1CCN(Cc2ccccc2)CC1. The van der Waals surface area contributed by atoms with E-state index in [4.69, 9.17) is 4.74 Å². The molecule has 2 aromatic carbocycles. The molecule has 1 N–H and O–H groups in total. The summed E-state index contributed by atoms with van der Waals surface area (Å²) in [7, 11) is 0. The predicted octanol–water partition coefficient (Wildman–Crippen LogP) is 2.65. The van der Waals surface area contributed by atoms with Gasteiger partial charge in [0.25, 0.3) is 0 Å². The molecule has 0 radical (unpaired) electrons. The zero-order valence-corrected chi connectivity index (χ0v) is 16.2. The molecule has 1 unspecified atom stereocenters. The fourth-order valence-corrected chi connectivity index (χ4v) is 3.25. The number of carbonyl (C=O) groups excluding carboxylic acids is 2. The van der Waals surface area contributed by atoms with Crippen molar-refractivity contribution in [2.75, 3.05) is 26.2 Å².